The summed E-state index contributed by atoms with van der Waals surface area (Å²) in [5.41, 5.74) is 7.59. The van der Waals surface area contributed by atoms with Gasteiger partial charge >= 0.3 is 0 Å². The van der Waals surface area contributed by atoms with Crippen molar-refractivity contribution in [2.24, 2.45) is 0 Å². The normalized spacial score (nSPS) is 11.0. The molecule has 3 nitrogen and oxygen atoms in total. The second kappa shape index (κ2) is 4.51. The molecule has 2 heterocycles. The third kappa shape index (κ3) is 2.41. The van der Waals surface area contributed by atoms with Crippen LogP contribution in [0.25, 0.3) is 10.6 Å². The van der Waals surface area contributed by atoms with Crippen LogP contribution in [0, 0.1) is 0 Å². The van der Waals surface area contributed by atoms with Gasteiger partial charge in [-0.2, -0.15) is 0 Å². The lowest BCUT2D eigenvalue weighted by Gasteiger charge is -2.06. The first-order valence-corrected chi connectivity index (χ1v) is 6.57. The monoisotopic (exact) mass is 297 g/mol. The third-order valence-electron chi connectivity index (χ3n) is 2.18. The number of nitrogens with zero attached hydrogens (tertiary/aromatic N) is 2. The Morgan fingerprint density at radius 3 is 2.62 bits per heavy atom. The molecular formula is C11H12BrN3S. The number of hydrogen-bond acceptors (Lipinski definition) is 4. The summed E-state index contributed by atoms with van der Waals surface area (Å²) in [7, 11) is 0. The molecule has 0 amide bonds. The molecule has 0 aliphatic carbocycles. The summed E-state index contributed by atoms with van der Waals surface area (Å²) in [6.45, 7) is 4.19. The van der Waals surface area contributed by atoms with Crippen LogP contribution in [0.15, 0.2) is 22.0 Å². The van der Waals surface area contributed by atoms with Crippen LogP contribution in [-0.2, 0) is 0 Å². The van der Waals surface area contributed by atoms with Crippen LogP contribution in [0.3, 0.4) is 0 Å². The van der Waals surface area contributed by atoms with Gasteiger partial charge < -0.3 is 5.73 Å². The minimum atomic E-state index is 0.339. The summed E-state index contributed by atoms with van der Waals surface area (Å²) in [5.74, 6) is 0.693. The summed E-state index contributed by atoms with van der Waals surface area (Å²) >= 11 is 5.08. The Hall–Kier alpha value is -0.940. The maximum Gasteiger partial charge on any atom is 0.220 e. The summed E-state index contributed by atoms with van der Waals surface area (Å²) < 4.78 is 1.09. The average Bonchev–Trinajstić information content (AvgIpc) is 2.64. The first kappa shape index (κ1) is 11.5. The zero-order chi connectivity index (χ0) is 11.7. The van der Waals surface area contributed by atoms with E-state index in [4.69, 9.17) is 5.73 Å². The maximum absolute atomic E-state index is 5.71. The largest absolute Gasteiger partial charge is 0.368 e. The Morgan fingerprint density at radius 2 is 2.06 bits per heavy atom. The van der Waals surface area contributed by atoms with E-state index in [-0.39, 0.29) is 0 Å². The minimum Gasteiger partial charge on any atom is -0.368 e. The molecule has 2 aromatic heterocycles. The predicted molar refractivity (Wildman–Crippen MR) is 71.5 cm³/mol. The van der Waals surface area contributed by atoms with Crippen molar-refractivity contribution >= 4 is 33.2 Å². The van der Waals surface area contributed by atoms with Gasteiger partial charge in [-0.25, -0.2) is 9.97 Å². The number of aromatic nitrogens is 2. The van der Waals surface area contributed by atoms with Crippen molar-refractivity contribution in [1.29, 1.82) is 0 Å². The fourth-order valence-corrected chi connectivity index (χ4v) is 2.71. The van der Waals surface area contributed by atoms with Gasteiger partial charge in [-0.15, -0.1) is 11.3 Å². The van der Waals surface area contributed by atoms with Crippen LogP contribution in [0.5, 0.6) is 0 Å². The summed E-state index contributed by atoms with van der Waals surface area (Å²) in [6.07, 6.45) is 0. The average molecular weight is 298 g/mol. The van der Waals surface area contributed by atoms with Gasteiger partial charge in [0.2, 0.25) is 5.95 Å². The van der Waals surface area contributed by atoms with Crippen LogP contribution in [0.4, 0.5) is 5.95 Å². The molecule has 0 saturated carbocycles. The van der Waals surface area contributed by atoms with Crippen molar-refractivity contribution < 1.29 is 0 Å². The van der Waals surface area contributed by atoms with Crippen molar-refractivity contribution in [3.8, 4) is 10.6 Å². The minimum absolute atomic E-state index is 0.339. The van der Waals surface area contributed by atoms with Crippen LogP contribution in [0.1, 0.15) is 25.5 Å². The van der Waals surface area contributed by atoms with E-state index in [0.29, 0.717) is 11.9 Å². The number of nitrogens with two attached hydrogens (primary N) is 1. The molecule has 0 bridgehead atoms. The topological polar surface area (TPSA) is 51.8 Å². The lowest BCUT2D eigenvalue weighted by Crippen LogP contribution is -2.01. The number of rotatable bonds is 2. The van der Waals surface area contributed by atoms with E-state index < -0.39 is 0 Å². The lowest BCUT2D eigenvalue weighted by atomic mass is 10.1. The second-order valence-electron chi connectivity index (χ2n) is 3.79. The molecule has 0 unspecified atom stereocenters. The van der Waals surface area contributed by atoms with Crippen molar-refractivity contribution in [2.45, 2.75) is 19.8 Å². The zero-order valence-electron chi connectivity index (χ0n) is 9.07. The summed E-state index contributed by atoms with van der Waals surface area (Å²) in [5, 5.41) is 0. The van der Waals surface area contributed by atoms with Crippen molar-refractivity contribution in [2.75, 3.05) is 5.73 Å². The molecule has 0 saturated heterocycles. The van der Waals surface area contributed by atoms with Gasteiger partial charge in [0.15, 0.2) is 0 Å². The maximum atomic E-state index is 5.71. The van der Waals surface area contributed by atoms with E-state index >= 15 is 0 Å². The molecule has 16 heavy (non-hydrogen) atoms. The molecule has 0 radical (unpaired) electrons. The lowest BCUT2D eigenvalue weighted by molar-refractivity contribution is 0.819. The molecule has 0 atom stereocenters. The number of halogens is 1. The first-order chi connectivity index (χ1) is 7.56. The van der Waals surface area contributed by atoms with Gasteiger partial charge in [0, 0.05) is 5.69 Å². The van der Waals surface area contributed by atoms with Crippen molar-refractivity contribution in [1.82, 2.24) is 9.97 Å². The van der Waals surface area contributed by atoms with Crippen molar-refractivity contribution in [3.63, 3.8) is 0 Å². The van der Waals surface area contributed by atoms with Crippen LogP contribution >= 0.6 is 27.3 Å². The third-order valence-corrected chi connectivity index (χ3v) is 3.83. The molecule has 0 spiro atoms. The zero-order valence-corrected chi connectivity index (χ0v) is 11.5. The number of hydrogen-bond donors (Lipinski definition) is 1. The Kier molecular flexibility index (Phi) is 3.25. The van der Waals surface area contributed by atoms with Crippen molar-refractivity contribution in [3.05, 3.63) is 27.7 Å². The highest BCUT2D eigenvalue weighted by molar-refractivity contribution is 9.11. The molecule has 0 aromatic carbocycles. The van der Waals surface area contributed by atoms with E-state index in [1.54, 1.807) is 11.3 Å². The van der Waals surface area contributed by atoms with E-state index in [1.165, 1.54) is 0 Å². The number of nitrogen functional groups attached to an aromatic ring is 1. The first-order valence-electron chi connectivity index (χ1n) is 4.96. The fourth-order valence-electron chi connectivity index (χ4n) is 1.36. The Labute approximate surface area is 107 Å². The molecule has 2 N–H and O–H groups in total. The van der Waals surface area contributed by atoms with Crippen LogP contribution < -0.4 is 5.73 Å². The quantitative estimate of drug-likeness (QED) is 0.920. The SMILES string of the molecule is CC(C)c1cc(-c2ccc(Br)s2)nc(N)n1. The standard InChI is InChI=1S/C11H12BrN3S/c1-6(2)7-5-8(15-11(13)14-7)9-3-4-10(12)16-9/h3-6H,1-2H3,(H2,13,14,15). The van der Waals surface area contributed by atoms with Gasteiger partial charge in [-0.3, -0.25) is 0 Å². The van der Waals surface area contributed by atoms with Crippen LogP contribution in [0.2, 0.25) is 0 Å². The fraction of sp³-hybridized carbons (Fsp3) is 0.273. The molecule has 84 valence electrons. The van der Waals surface area contributed by atoms with E-state index in [2.05, 4.69) is 39.7 Å². The molecular weight excluding hydrogens is 286 g/mol. The van der Waals surface area contributed by atoms with E-state index in [0.717, 1.165) is 20.1 Å². The molecule has 0 aliphatic rings. The Morgan fingerprint density at radius 1 is 1.31 bits per heavy atom. The van der Waals surface area contributed by atoms with E-state index in [9.17, 15) is 0 Å². The summed E-state index contributed by atoms with van der Waals surface area (Å²) in [6, 6.07) is 6.03. The Balaban J connectivity index is 2.49. The highest BCUT2D eigenvalue weighted by Gasteiger charge is 2.09. The predicted octanol–water partition coefficient (Wildman–Crippen LogP) is 3.67. The van der Waals surface area contributed by atoms with Gasteiger partial charge in [0.05, 0.1) is 14.4 Å². The number of anilines is 1. The van der Waals surface area contributed by atoms with Crippen LogP contribution in [-0.4, -0.2) is 9.97 Å². The molecule has 5 heteroatoms. The molecule has 0 fully saturated rings. The van der Waals surface area contributed by atoms with E-state index in [1.807, 2.05) is 18.2 Å². The molecule has 0 aliphatic heterocycles. The van der Waals surface area contributed by atoms with Gasteiger partial charge in [-0.1, -0.05) is 13.8 Å². The van der Waals surface area contributed by atoms with Gasteiger partial charge in [-0.05, 0) is 40.0 Å². The second-order valence-corrected chi connectivity index (χ2v) is 6.26. The van der Waals surface area contributed by atoms with Gasteiger partial charge in [0.1, 0.15) is 0 Å². The highest BCUT2D eigenvalue weighted by Crippen LogP contribution is 2.31. The smallest absolute Gasteiger partial charge is 0.220 e. The number of thiophene rings is 1. The highest BCUT2D eigenvalue weighted by atomic mass is 79.9. The summed E-state index contributed by atoms with van der Waals surface area (Å²) in [4.78, 5) is 9.58. The molecule has 2 rings (SSSR count). The van der Waals surface area contributed by atoms with Gasteiger partial charge in [0.25, 0.3) is 0 Å². The Bertz CT molecular complexity index is 508. The molecule has 2 aromatic rings.